The van der Waals surface area contributed by atoms with Crippen LogP contribution in [0, 0.1) is 0 Å². The number of methoxy groups -OCH3 is 1. The Balaban J connectivity index is 3.35. The normalized spacial score (nSPS) is 11.2. The van der Waals surface area contributed by atoms with Crippen molar-refractivity contribution in [2.24, 2.45) is 0 Å². The highest BCUT2D eigenvalue weighted by atomic mass is 32.2. The first-order valence-electron chi connectivity index (χ1n) is 3.28. The fourth-order valence-corrected chi connectivity index (χ4v) is 1.22. The van der Waals surface area contributed by atoms with Gasteiger partial charge in [0, 0.05) is 6.26 Å². The Morgan fingerprint density at radius 3 is 2.54 bits per heavy atom. The lowest BCUT2D eigenvalue weighted by Crippen LogP contribution is -2.15. The Labute approximate surface area is 74.5 Å². The summed E-state index contributed by atoms with van der Waals surface area (Å²) in [6.07, 6.45) is 2.02. The second-order valence-corrected chi connectivity index (χ2v) is 4.29. The maximum atomic E-state index is 11.0. The van der Waals surface area contributed by atoms with Gasteiger partial charge in [-0.05, 0) is 0 Å². The molecule has 6 nitrogen and oxygen atoms in total. The van der Waals surface area contributed by atoms with E-state index in [-0.39, 0.29) is 10.9 Å². The third-order valence-electron chi connectivity index (χ3n) is 1.31. The Bertz CT molecular complexity index is 462. The van der Waals surface area contributed by atoms with Crippen LogP contribution in [0.3, 0.4) is 0 Å². The summed E-state index contributed by atoms with van der Waals surface area (Å²) in [7, 11) is -2.17. The second kappa shape index (κ2) is 3.17. The van der Waals surface area contributed by atoms with Crippen molar-refractivity contribution in [3.8, 4) is 5.75 Å². The van der Waals surface area contributed by atoms with Gasteiger partial charge < -0.3 is 4.74 Å². The van der Waals surface area contributed by atoms with Gasteiger partial charge in [-0.3, -0.25) is 9.78 Å². The van der Waals surface area contributed by atoms with E-state index >= 15 is 0 Å². The van der Waals surface area contributed by atoms with Crippen LogP contribution in [0.2, 0.25) is 0 Å². The Morgan fingerprint density at radius 1 is 1.54 bits per heavy atom. The highest BCUT2D eigenvalue weighted by Crippen LogP contribution is 2.01. The topological polar surface area (TPSA) is 89.1 Å². The zero-order chi connectivity index (χ0) is 10.1. The Morgan fingerprint density at radius 2 is 2.15 bits per heavy atom. The molecule has 0 spiro atoms. The number of nitrogens with zero attached hydrogens (tertiary/aromatic N) is 1. The molecule has 7 heteroatoms. The summed E-state index contributed by atoms with van der Waals surface area (Å²) in [5, 5.41) is -0.363. The average molecular weight is 204 g/mol. The van der Waals surface area contributed by atoms with E-state index in [4.69, 9.17) is 0 Å². The first-order valence-corrected chi connectivity index (χ1v) is 5.17. The average Bonchev–Trinajstić information content (AvgIpc) is 2.02. The smallest absolute Gasteiger partial charge is 0.294 e. The number of hydrogen-bond acceptors (Lipinski definition) is 5. The molecule has 1 rings (SSSR count). The molecule has 0 bridgehead atoms. The van der Waals surface area contributed by atoms with Crippen LogP contribution in [0.4, 0.5) is 0 Å². The molecule has 0 unspecified atom stereocenters. The Kier molecular flexibility index (Phi) is 2.37. The molecule has 0 saturated carbocycles. The van der Waals surface area contributed by atoms with Crippen LogP contribution < -0.4 is 10.3 Å². The van der Waals surface area contributed by atoms with Gasteiger partial charge >= 0.3 is 0 Å². The van der Waals surface area contributed by atoms with E-state index in [0.717, 1.165) is 12.5 Å². The maximum Gasteiger partial charge on any atom is 0.294 e. The molecule has 1 aromatic rings. The third-order valence-corrected chi connectivity index (χ3v) is 2.22. The van der Waals surface area contributed by atoms with Gasteiger partial charge in [-0.25, -0.2) is 13.4 Å². The summed E-state index contributed by atoms with van der Waals surface area (Å²) in [5.41, 5.74) is -0.613. The largest absolute Gasteiger partial charge is 0.490 e. The molecule has 0 aromatic carbocycles. The van der Waals surface area contributed by atoms with E-state index in [2.05, 4.69) is 14.7 Å². The van der Waals surface area contributed by atoms with Crippen LogP contribution in [0.15, 0.2) is 16.1 Å². The van der Waals surface area contributed by atoms with Crippen molar-refractivity contribution < 1.29 is 13.2 Å². The molecule has 72 valence electrons. The molecule has 1 aromatic heterocycles. The summed E-state index contributed by atoms with van der Waals surface area (Å²) in [4.78, 5) is 16.6. The molecular formula is C6H8N2O4S. The van der Waals surface area contributed by atoms with Gasteiger partial charge in [-0.2, -0.15) is 0 Å². The lowest BCUT2D eigenvalue weighted by atomic mass is 10.6. The predicted octanol–water partition coefficient (Wildman–Crippen LogP) is -0.818. The van der Waals surface area contributed by atoms with Crippen LogP contribution in [-0.4, -0.2) is 31.8 Å². The Hall–Kier alpha value is -1.37. The molecule has 1 N–H and O–H groups in total. The predicted molar refractivity (Wildman–Crippen MR) is 44.5 cm³/mol. The number of hydrogen-bond donors (Lipinski definition) is 1. The van der Waals surface area contributed by atoms with Crippen molar-refractivity contribution in [1.29, 1.82) is 0 Å². The molecule has 0 aliphatic carbocycles. The molecule has 0 aliphatic heterocycles. The highest BCUT2D eigenvalue weighted by Gasteiger charge is 2.11. The van der Waals surface area contributed by atoms with Gasteiger partial charge in [0.15, 0.2) is 0 Å². The van der Waals surface area contributed by atoms with E-state index in [1.807, 2.05) is 0 Å². The fourth-order valence-electron chi connectivity index (χ4n) is 0.701. The van der Waals surface area contributed by atoms with E-state index in [1.165, 1.54) is 7.11 Å². The van der Waals surface area contributed by atoms with Crippen LogP contribution in [0.1, 0.15) is 0 Å². The lowest BCUT2D eigenvalue weighted by molar-refractivity contribution is 0.403. The van der Waals surface area contributed by atoms with Crippen molar-refractivity contribution >= 4 is 9.84 Å². The minimum absolute atomic E-state index is 0.0209. The number of aromatic nitrogens is 2. The summed E-state index contributed by atoms with van der Waals surface area (Å²) >= 11 is 0. The molecule has 0 amide bonds. The van der Waals surface area contributed by atoms with Gasteiger partial charge in [0.25, 0.3) is 5.56 Å². The summed E-state index contributed by atoms with van der Waals surface area (Å²) in [6, 6.07) is 0. The van der Waals surface area contributed by atoms with Gasteiger partial charge in [0.05, 0.1) is 13.3 Å². The SMILES string of the molecule is COc1cnc(S(C)(=O)=O)[nH]c1=O. The zero-order valence-corrected chi connectivity index (χ0v) is 7.88. The van der Waals surface area contributed by atoms with Crippen LogP contribution >= 0.6 is 0 Å². The molecule has 0 atom stereocenters. The first-order chi connectivity index (χ1) is 5.95. The third kappa shape index (κ3) is 2.05. The summed E-state index contributed by atoms with van der Waals surface area (Å²) in [5.74, 6) is -0.0209. The number of sulfone groups is 1. The molecule has 0 fully saturated rings. The van der Waals surface area contributed by atoms with E-state index in [1.54, 1.807) is 0 Å². The van der Waals surface area contributed by atoms with Crippen LogP contribution in [-0.2, 0) is 9.84 Å². The van der Waals surface area contributed by atoms with Crippen LogP contribution in [0.5, 0.6) is 5.75 Å². The molecule has 0 radical (unpaired) electrons. The van der Waals surface area contributed by atoms with Crippen molar-refractivity contribution in [2.45, 2.75) is 5.16 Å². The number of ether oxygens (including phenoxy) is 1. The lowest BCUT2D eigenvalue weighted by Gasteiger charge is -1.99. The quantitative estimate of drug-likeness (QED) is 0.636. The van der Waals surface area contributed by atoms with Gasteiger partial charge in [0.1, 0.15) is 0 Å². The number of aromatic amines is 1. The number of rotatable bonds is 2. The van der Waals surface area contributed by atoms with Crippen molar-refractivity contribution in [3.05, 3.63) is 16.6 Å². The molecule has 0 saturated heterocycles. The van der Waals surface area contributed by atoms with Crippen molar-refractivity contribution in [3.63, 3.8) is 0 Å². The summed E-state index contributed by atoms with van der Waals surface area (Å²) in [6.45, 7) is 0. The monoisotopic (exact) mass is 204 g/mol. The van der Waals surface area contributed by atoms with Crippen molar-refractivity contribution in [2.75, 3.05) is 13.4 Å². The highest BCUT2D eigenvalue weighted by molar-refractivity contribution is 7.90. The van der Waals surface area contributed by atoms with E-state index < -0.39 is 15.4 Å². The van der Waals surface area contributed by atoms with Crippen molar-refractivity contribution in [1.82, 2.24) is 9.97 Å². The second-order valence-electron chi connectivity index (χ2n) is 2.36. The van der Waals surface area contributed by atoms with E-state index in [0.29, 0.717) is 0 Å². The fraction of sp³-hybridized carbons (Fsp3) is 0.333. The standard InChI is InChI=1S/C6H8N2O4S/c1-12-4-3-7-6(8-5(4)9)13(2,10)11/h3H,1-2H3,(H,7,8,9). The van der Waals surface area contributed by atoms with Gasteiger partial charge in [-0.1, -0.05) is 0 Å². The molecule has 0 aliphatic rings. The number of H-pyrrole nitrogens is 1. The van der Waals surface area contributed by atoms with Crippen LogP contribution in [0.25, 0.3) is 0 Å². The maximum absolute atomic E-state index is 11.0. The van der Waals surface area contributed by atoms with Gasteiger partial charge in [0.2, 0.25) is 20.7 Å². The zero-order valence-electron chi connectivity index (χ0n) is 7.07. The minimum atomic E-state index is -3.47. The molecule has 1 heterocycles. The van der Waals surface area contributed by atoms with E-state index in [9.17, 15) is 13.2 Å². The first kappa shape index (κ1) is 9.72. The molecule has 13 heavy (non-hydrogen) atoms. The number of nitrogens with one attached hydrogen (secondary N) is 1. The minimum Gasteiger partial charge on any atom is -0.490 e. The molecular weight excluding hydrogens is 196 g/mol. The summed E-state index contributed by atoms with van der Waals surface area (Å²) < 4.78 is 26.4. The van der Waals surface area contributed by atoms with Gasteiger partial charge in [-0.15, -0.1) is 0 Å².